The minimum absolute atomic E-state index is 1.08. The van der Waals surface area contributed by atoms with E-state index in [4.69, 9.17) is 0 Å². The topological polar surface area (TPSA) is 12.0 Å². The van der Waals surface area contributed by atoms with Gasteiger partial charge in [-0.1, -0.05) is 46.6 Å². The minimum Gasteiger partial charge on any atom is -0.256 e. The summed E-state index contributed by atoms with van der Waals surface area (Å²) < 4.78 is 3.15. The Balaban J connectivity index is 0. The Bertz CT molecular complexity index is 89.6. The first kappa shape index (κ1) is 13.6. The molecule has 0 aliphatic carbocycles. The first-order chi connectivity index (χ1) is 5.43. The SMILES string of the molecule is CC.CC.CCC1=CSNC1. The van der Waals surface area contributed by atoms with Crippen molar-refractivity contribution in [3.63, 3.8) is 0 Å². The van der Waals surface area contributed by atoms with Crippen molar-refractivity contribution in [2.75, 3.05) is 6.54 Å². The highest BCUT2D eigenvalue weighted by Crippen LogP contribution is 2.13. The van der Waals surface area contributed by atoms with E-state index in [-0.39, 0.29) is 0 Å². The largest absolute Gasteiger partial charge is 0.256 e. The molecule has 0 bridgehead atoms. The van der Waals surface area contributed by atoms with Crippen molar-refractivity contribution in [1.29, 1.82) is 0 Å². The minimum atomic E-state index is 1.08. The molecule has 1 nitrogen and oxygen atoms in total. The van der Waals surface area contributed by atoms with Crippen LogP contribution in [-0.4, -0.2) is 6.54 Å². The van der Waals surface area contributed by atoms with Gasteiger partial charge in [-0.15, -0.1) is 0 Å². The van der Waals surface area contributed by atoms with Crippen LogP contribution in [0.5, 0.6) is 0 Å². The summed E-state index contributed by atoms with van der Waals surface area (Å²) in [6.45, 7) is 11.3. The van der Waals surface area contributed by atoms with Gasteiger partial charge in [0, 0.05) is 6.54 Å². The molecule has 0 aromatic carbocycles. The monoisotopic (exact) mass is 175 g/mol. The van der Waals surface area contributed by atoms with E-state index in [0.29, 0.717) is 0 Å². The number of rotatable bonds is 1. The second-order valence-corrected chi connectivity index (χ2v) is 2.33. The second-order valence-electron chi connectivity index (χ2n) is 1.57. The molecule has 0 atom stereocenters. The first-order valence-corrected chi connectivity index (χ1v) is 5.38. The van der Waals surface area contributed by atoms with Crippen molar-refractivity contribution in [1.82, 2.24) is 4.72 Å². The average Bonchev–Trinajstić information content (AvgIpc) is 2.63. The third kappa shape index (κ3) is 7.95. The molecule has 0 amide bonds. The number of hydrogen-bond acceptors (Lipinski definition) is 2. The molecule has 0 fully saturated rings. The fourth-order valence-corrected chi connectivity index (χ4v) is 1.28. The summed E-state index contributed by atoms with van der Waals surface area (Å²) in [6.07, 6.45) is 1.19. The Morgan fingerprint density at radius 3 is 2.09 bits per heavy atom. The van der Waals surface area contributed by atoms with Crippen molar-refractivity contribution >= 4 is 11.9 Å². The van der Waals surface area contributed by atoms with Crippen LogP contribution < -0.4 is 4.72 Å². The first-order valence-electron chi connectivity index (χ1n) is 4.50. The molecule has 1 N–H and O–H groups in total. The smallest absolute Gasteiger partial charge is 0.0280 e. The third-order valence-electron chi connectivity index (χ3n) is 1.06. The van der Waals surface area contributed by atoms with Gasteiger partial charge in [0.2, 0.25) is 0 Å². The predicted octanol–water partition coefficient (Wildman–Crippen LogP) is 3.58. The highest BCUT2D eigenvalue weighted by molar-refractivity contribution is 8.00. The van der Waals surface area contributed by atoms with Crippen molar-refractivity contribution in [2.45, 2.75) is 41.0 Å². The maximum atomic E-state index is 3.15. The molecular weight excluding hydrogens is 154 g/mol. The number of hydrogen-bond donors (Lipinski definition) is 1. The summed E-state index contributed by atoms with van der Waals surface area (Å²) in [5.74, 6) is 0. The van der Waals surface area contributed by atoms with Crippen LogP contribution >= 0.6 is 11.9 Å². The summed E-state index contributed by atoms with van der Waals surface area (Å²) in [6, 6.07) is 0. The molecule has 0 saturated heterocycles. The normalized spacial score (nSPS) is 13.7. The van der Waals surface area contributed by atoms with Gasteiger partial charge in [-0.05, 0) is 17.4 Å². The van der Waals surface area contributed by atoms with Gasteiger partial charge >= 0.3 is 0 Å². The van der Waals surface area contributed by atoms with E-state index in [1.165, 1.54) is 12.0 Å². The lowest BCUT2D eigenvalue weighted by Crippen LogP contribution is -1.98. The van der Waals surface area contributed by atoms with Crippen molar-refractivity contribution < 1.29 is 0 Å². The summed E-state index contributed by atoms with van der Waals surface area (Å²) in [7, 11) is 0. The van der Waals surface area contributed by atoms with Crippen LogP contribution in [0.2, 0.25) is 0 Å². The van der Waals surface area contributed by atoms with Crippen LogP contribution in [0.15, 0.2) is 11.0 Å². The van der Waals surface area contributed by atoms with Crippen molar-refractivity contribution in [2.24, 2.45) is 0 Å². The Morgan fingerprint density at radius 2 is 1.91 bits per heavy atom. The molecule has 0 unspecified atom stereocenters. The summed E-state index contributed by atoms with van der Waals surface area (Å²) >= 11 is 1.69. The van der Waals surface area contributed by atoms with Crippen LogP contribution in [0.4, 0.5) is 0 Å². The zero-order valence-corrected chi connectivity index (χ0v) is 9.22. The molecule has 1 heterocycles. The van der Waals surface area contributed by atoms with E-state index < -0.39 is 0 Å². The van der Waals surface area contributed by atoms with Crippen LogP contribution in [0.3, 0.4) is 0 Å². The highest BCUT2D eigenvalue weighted by Gasteiger charge is 1.98. The fraction of sp³-hybridized carbons (Fsp3) is 0.778. The lowest BCUT2D eigenvalue weighted by Gasteiger charge is -1.88. The lowest BCUT2D eigenvalue weighted by molar-refractivity contribution is 0.986. The van der Waals surface area contributed by atoms with Gasteiger partial charge in [0.25, 0.3) is 0 Å². The summed E-state index contributed by atoms with van der Waals surface area (Å²) in [4.78, 5) is 0. The molecule has 0 saturated carbocycles. The van der Waals surface area contributed by atoms with Crippen LogP contribution in [0.1, 0.15) is 41.0 Å². The molecule has 1 rings (SSSR count). The van der Waals surface area contributed by atoms with Gasteiger partial charge in [0.1, 0.15) is 0 Å². The van der Waals surface area contributed by atoms with Crippen LogP contribution in [0, 0.1) is 0 Å². The van der Waals surface area contributed by atoms with Gasteiger partial charge in [-0.2, -0.15) is 0 Å². The zero-order valence-electron chi connectivity index (χ0n) is 8.40. The summed E-state index contributed by atoms with van der Waals surface area (Å²) in [5.41, 5.74) is 1.52. The summed E-state index contributed by atoms with van der Waals surface area (Å²) in [5, 5.41) is 2.18. The average molecular weight is 175 g/mol. The molecule has 2 heteroatoms. The molecule has 11 heavy (non-hydrogen) atoms. The van der Waals surface area contributed by atoms with Gasteiger partial charge in [0.05, 0.1) is 0 Å². The Hall–Kier alpha value is 0.0500. The van der Waals surface area contributed by atoms with E-state index in [9.17, 15) is 0 Å². The predicted molar refractivity (Wildman–Crippen MR) is 56.7 cm³/mol. The molecule has 0 radical (unpaired) electrons. The van der Waals surface area contributed by atoms with E-state index in [1.807, 2.05) is 27.7 Å². The molecule has 0 spiro atoms. The standard InChI is InChI=1S/C5H9NS.2C2H6/c1-2-5-3-6-7-4-5;2*1-2/h4,6H,2-3H2,1H3;2*1-2H3. The zero-order chi connectivity index (χ0) is 9.11. The van der Waals surface area contributed by atoms with Gasteiger partial charge in [-0.25, -0.2) is 0 Å². The lowest BCUT2D eigenvalue weighted by atomic mass is 10.2. The Labute approximate surface area is 75.8 Å². The molecule has 0 aromatic heterocycles. The fourth-order valence-electron chi connectivity index (χ4n) is 0.509. The molecular formula is C9H21NS. The van der Waals surface area contributed by atoms with E-state index in [0.717, 1.165) is 6.54 Å². The Morgan fingerprint density at radius 1 is 1.36 bits per heavy atom. The van der Waals surface area contributed by atoms with E-state index >= 15 is 0 Å². The third-order valence-corrected chi connectivity index (χ3v) is 1.82. The molecule has 68 valence electrons. The van der Waals surface area contributed by atoms with Gasteiger partial charge < -0.3 is 0 Å². The van der Waals surface area contributed by atoms with E-state index in [2.05, 4.69) is 17.1 Å². The Kier molecular flexibility index (Phi) is 15.7. The molecule has 0 aromatic rings. The second kappa shape index (κ2) is 12.7. The van der Waals surface area contributed by atoms with Crippen molar-refractivity contribution in [3.8, 4) is 0 Å². The van der Waals surface area contributed by atoms with Gasteiger partial charge in [-0.3, -0.25) is 4.72 Å². The molecule has 1 aliphatic heterocycles. The van der Waals surface area contributed by atoms with Gasteiger partial charge in [0.15, 0.2) is 0 Å². The van der Waals surface area contributed by atoms with E-state index in [1.54, 1.807) is 11.9 Å². The number of nitrogens with one attached hydrogen (secondary N) is 1. The van der Waals surface area contributed by atoms with Crippen LogP contribution in [0.25, 0.3) is 0 Å². The highest BCUT2D eigenvalue weighted by atomic mass is 32.2. The maximum absolute atomic E-state index is 3.15. The van der Waals surface area contributed by atoms with Crippen molar-refractivity contribution in [3.05, 3.63) is 11.0 Å². The molecule has 1 aliphatic rings. The maximum Gasteiger partial charge on any atom is 0.0280 e. The van der Waals surface area contributed by atoms with Crippen LogP contribution in [-0.2, 0) is 0 Å². The quantitative estimate of drug-likeness (QED) is 0.611.